The van der Waals surface area contributed by atoms with Crippen molar-refractivity contribution in [3.8, 4) is 0 Å². The van der Waals surface area contributed by atoms with Gasteiger partial charge in [0, 0.05) is 25.4 Å². The van der Waals surface area contributed by atoms with Crippen molar-refractivity contribution in [1.82, 2.24) is 15.1 Å². The Bertz CT molecular complexity index is 297. The summed E-state index contributed by atoms with van der Waals surface area (Å²) >= 11 is 0. The van der Waals surface area contributed by atoms with Crippen LogP contribution < -0.4 is 11.1 Å². The maximum absolute atomic E-state index is 11.4. The first-order valence-corrected chi connectivity index (χ1v) is 5.66. The monoisotopic (exact) mass is 224 g/mol. The molecule has 16 heavy (non-hydrogen) atoms. The standard InChI is InChI=1S/C11H20N4O/c1-10(9-12)3-4-11(16)13-6-8-15-7-2-5-14-15/h2,5,7,10H,3-4,6,8-9,12H2,1H3,(H,13,16). The minimum atomic E-state index is 0.0902. The highest BCUT2D eigenvalue weighted by Gasteiger charge is 2.04. The van der Waals surface area contributed by atoms with Crippen LogP contribution in [0, 0.1) is 5.92 Å². The first-order chi connectivity index (χ1) is 7.72. The summed E-state index contributed by atoms with van der Waals surface area (Å²) in [6.07, 6.45) is 5.01. The maximum Gasteiger partial charge on any atom is 0.220 e. The van der Waals surface area contributed by atoms with E-state index in [1.54, 1.807) is 10.9 Å². The summed E-state index contributed by atoms with van der Waals surface area (Å²) in [5.74, 6) is 0.504. The normalized spacial score (nSPS) is 12.4. The van der Waals surface area contributed by atoms with Gasteiger partial charge in [-0.2, -0.15) is 5.10 Å². The van der Waals surface area contributed by atoms with Crippen molar-refractivity contribution in [2.45, 2.75) is 26.3 Å². The van der Waals surface area contributed by atoms with E-state index >= 15 is 0 Å². The average molecular weight is 224 g/mol. The third-order valence-electron chi connectivity index (χ3n) is 2.49. The van der Waals surface area contributed by atoms with Crippen LogP contribution >= 0.6 is 0 Å². The van der Waals surface area contributed by atoms with Crippen molar-refractivity contribution in [1.29, 1.82) is 0 Å². The third kappa shape index (κ3) is 4.93. The highest BCUT2D eigenvalue weighted by molar-refractivity contribution is 5.75. The fraction of sp³-hybridized carbons (Fsp3) is 0.636. The van der Waals surface area contributed by atoms with Gasteiger partial charge in [-0.1, -0.05) is 6.92 Å². The number of aromatic nitrogens is 2. The van der Waals surface area contributed by atoms with Crippen molar-refractivity contribution in [3.63, 3.8) is 0 Å². The predicted octanol–water partition coefficient (Wildman–Crippen LogP) is 0.374. The van der Waals surface area contributed by atoms with Crippen LogP contribution in [0.4, 0.5) is 0 Å². The highest BCUT2D eigenvalue weighted by Crippen LogP contribution is 2.02. The van der Waals surface area contributed by atoms with Crippen LogP contribution in [0.3, 0.4) is 0 Å². The molecule has 1 amide bonds. The molecule has 0 fully saturated rings. The van der Waals surface area contributed by atoms with Crippen LogP contribution in [0.1, 0.15) is 19.8 Å². The van der Waals surface area contributed by atoms with Gasteiger partial charge in [0.05, 0.1) is 6.54 Å². The van der Waals surface area contributed by atoms with Gasteiger partial charge >= 0.3 is 0 Å². The molecule has 1 aromatic rings. The summed E-state index contributed by atoms with van der Waals surface area (Å²) in [5, 5.41) is 6.91. The zero-order valence-electron chi connectivity index (χ0n) is 9.72. The van der Waals surface area contributed by atoms with Gasteiger partial charge < -0.3 is 11.1 Å². The first-order valence-electron chi connectivity index (χ1n) is 5.66. The van der Waals surface area contributed by atoms with Gasteiger partial charge in [0.25, 0.3) is 0 Å². The molecule has 5 nitrogen and oxygen atoms in total. The summed E-state index contributed by atoms with van der Waals surface area (Å²) in [6.45, 7) is 4.03. The van der Waals surface area contributed by atoms with Gasteiger partial charge in [-0.3, -0.25) is 9.48 Å². The lowest BCUT2D eigenvalue weighted by atomic mass is 10.1. The molecule has 0 spiro atoms. The quantitative estimate of drug-likeness (QED) is 0.703. The fourth-order valence-electron chi connectivity index (χ4n) is 1.33. The molecule has 0 aliphatic carbocycles. The molecule has 0 radical (unpaired) electrons. The fourth-order valence-corrected chi connectivity index (χ4v) is 1.33. The van der Waals surface area contributed by atoms with Crippen molar-refractivity contribution < 1.29 is 4.79 Å². The Morgan fingerprint density at radius 3 is 3.06 bits per heavy atom. The Kier molecular flexibility index (Phi) is 5.56. The Morgan fingerprint density at radius 2 is 2.44 bits per heavy atom. The summed E-state index contributed by atoms with van der Waals surface area (Å²) in [5.41, 5.74) is 5.48. The SMILES string of the molecule is CC(CN)CCC(=O)NCCn1cccn1. The van der Waals surface area contributed by atoms with E-state index in [0.717, 1.165) is 6.42 Å². The van der Waals surface area contributed by atoms with Crippen LogP contribution in [0.5, 0.6) is 0 Å². The largest absolute Gasteiger partial charge is 0.354 e. The van der Waals surface area contributed by atoms with Gasteiger partial charge in [0.15, 0.2) is 0 Å². The molecule has 0 aromatic carbocycles. The van der Waals surface area contributed by atoms with E-state index in [9.17, 15) is 4.79 Å². The van der Waals surface area contributed by atoms with E-state index in [1.807, 2.05) is 12.3 Å². The first kappa shape index (κ1) is 12.7. The van der Waals surface area contributed by atoms with Gasteiger partial charge in [-0.05, 0) is 24.9 Å². The second-order valence-electron chi connectivity index (χ2n) is 4.00. The highest BCUT2D eigenvalue weighted by atomic mass is 16.1. The average Bonchev–Trinajstić information content (AvgIpc) is 2.79. The second kappa shape index (κ2) is 7.00. The molecule has 0 saturated carbocycles. The lowest BCUT2D eigenvalue weighted by Gasteiger charge is -2.08. The Morgan fingerprint density at radius 1 is 1.62 bits per heavy atom. The molecule has 1 heterocycles. The molecule has 1 aromatic heterocycles. The number of amides is 1. The molecule has 1 rings (SSSR count). The molecule has 0 saturated heterocycles. The second-order valence-corrected chi connectivity index (χ2v) is 4.00. The van der Waals surface area contributed by atoms with E-state index in [1.165, 1.54) is 0 Å². The zero-order chi connectivity index (χ0) is 11.8. The molecular weight excluding hydrogens is 204 g/mol. The lowest BCUT2D eigenvalue weighted by Crippen LogP contribution is -2.27. The van der Waals surface area contributed by atoms with Crippen molar-refractivity contribution in [3.05, 3.63) is 18.5 Å². The minimum Gasteiger partial charge on any atom is -0.354 e. The number of carbonyl (C=O) groups excluding carboxylic acids is 1. The number of nitrogens with two attached hydrogens (primary N) is 1. The number of carbonyl (C=O) groups is 1. The molecule has 0 bridgehead atoms. The molecule has 1 unspecified atom stereocenters. The number of hydrogen-bond acceptors (Lipinski definition) is 3. The van der Waals surface area contributed by atoms with E-state index in [0.29, 0.717) is 32.0 Å². The smallest absolute Gasteiger partial charge is 0.220 e. The Balaban J connectivity index is 2.06. The van der Waals surface area contributed by atoms with Crippen molar-refractivity contribution >= 4 is 5.91 Å². The lowest BCUT2D eigenvalue weighted by molar-refractivity contribution is -0.121. The minimum absolute atomic E-state index is 0.0902. The van der Waals surface area contributed by atoms with E-state index in [2.05, 4.69) is 17.3 Å². The van der Waals surface area contributed by atoms with E-state index in [4.69, 9.17) is 5.73 Å². The van der Waals surface area contributed by atoms with Crippen LogP contribution in [-0.2, 0) is 11.3 Å². The summed E-state index contributed by atoms with van der Waals surface area (Å²) in [6, 6.07) is 1.87. The van der Waals surface area contributed by atoms with Gasteiger partial charge in [0.1, 0.15) is 0 Å². The number of nitrogens with one attached hydrogen (secondary N) is 1. The maximum atomic E-state index is 11.4. The topological polar surface area (TPSA) is 72.9 Å². The molecule has 5 heteroatoms. The molecule has 0 aliphatic rings. The van der Waals surface area contributed by atoms with E-state index in [-0.39, 0.29) is 5.91 Å². The molecule has 90 valence electrons. The summed E-state index contributed by atoms with van der Waals surface area (Å²) < 4.78 is 1.79. The van der Waals surface area contributed by atoms with Gasteiger partial charge in [0.2, 0.25) is 5.91 Å². The van der Waals surface area contributed by atoms with Crippen LogP contribution in [0.2, 0.25) is 0 Å². The number of hydrogen-bond donors (Lipinski definition) is 2. The van der Waals surface area contributed by atoms with Gasteiger partial charge in [-0.25, -0.2) is 0 Å². The summed E-state index contributed by atoms with van der Waals surface area (Å²) in [7, 11) is 0. The molecule has 0 aliphatic heterocycles. The molecular formula is C11H20N4O. The third-order valence-corrected chi connectivity index (χ3v) is 2.49. The molecule has 3 N–H and O–H groups in total. The van der Waals surface area contributed by atoms with Crippen molar-refractivity contribution in [2.24, 2.45) is 11.7 Å². The predicted molar refractivity (Wildman–Crippen MR) is 62.7 cm³/mol. The van der Waals surface area contributed by atoms with E-state index < -0.39 is 0 Å². The van der Waals surface area contributed by atoms with Crippen LogP contribution in [-0.4, -0.2) is 28.8 Å². The van der Waals surface area contributed by atoms with Crippen LogP contribution in [0.15, 0.2) is 18.5 Å². The Hall–Kier alpha value is -1.36. The zero-order valence-corrected chi connectivity index (χ0v) is 9.72. The van der Waals surface area contributed by atoms with Crippen LogP contribution in [0.25, 0.3) is 0 Å². The number of rotatable bonds is 7. The van der Waals surface area contributed by atoms with Crippen molar-refractivity contribution in [2.75, 3.05) is 13.1 Å². The van der Waals surface area contributed by atoms with Gasteiger partial charge in [-0.15, -0.1) is 0 Å². The summed E-state index contributed by atoms with van der Waals surface area (Å²) in [4.78, 5) is 11.4. The molecule has 1 atom stereocenters. The Labute approximate surface area is 96.0 Å². The number of nitrogens with zero attached hydrogens (tertiary/aromatic N) is 2.